The van der Waals surface area contributed by atoms with E-state index in [1.54, 1.807) is 0 Å². The van der Waals surface area contributed by atoms with Gasteiger partial charge in [0.2, 0.25) is 0 Å². The molecule has 1 aliphatic heterocycles. The number of rotatable bonds is 3. The average molecular weight is 324 g/mol. The normalized spacial score (nSPS) is 27.1. The maximum atomic E-state index is 12.3. The number of para-hydroxylation sites is 1. The van der Waals surface area contributed by atoms with Crippen molar-refractivity contribution in [1.29, 1.82) is 0 Å². The van der Waals surface area contributed by atoms with Crippen LogP contribution in [0.2, 0.25) is 0 Å². The molecule has 24 heavy (non-hydrogen) atoms. The number of likely N-dealkylation sites (tertiary alicyclic amines) is 1. The highest BCUT2D eigenvalue weighted by molar-refractivity contribution is 5.81. The Bertz CT molecular complexity index is 740. The number of pyridine rings is 1. The summed E-state index contributed by atoms with van der Waals surface area (Å²) in [5.74, 6) is 0.545. The molecule has 0 spiro atoms. The van der Waals surface area contributed by atoms with Crippen LogP contribution in [0.4, 0.5) is 0 Å². The van der Waals surface area contributed by atoms with Crippen molar-refractivity contribution in [3.8, 4) is 0 Å². The summed E-state index contributed by atoms with van der Waals surface area (Å²) in [5, 5.41) is 1.16. The molecule has 0 radical (unpaired) electrons. The lowest BCUT2D eigenvalue weighted by molar-refractivity contribution is -0.146. The largest absolute Gasteiger partial charge is 0.468 e. The van der Waals surface area contributed by atoms with Crippen molar-refractivity contribution in [2.75, 3.05) is 7.11 Å². The zero-order valence-corrected chi connectivity index (χ0v) is 14.1. The van der Waals surface area contributed by atoms with Crippen LogP contribution in [0.3, 0.4) is 0 Å². The Morgan fingerprint density at radius 3 is 2.96 bits per heavy atom. The van der Waals surface area contributed by atoms with Crippen LogP contribution < -0.4 is 0 Å². The first-order valence-corrected chi connectivity index (χ1v) is 8.94. The third-order valence-corrected chi connectivity index (χ3v) is 5.76. The lowest BCUT2D eigenvalue weighted by Crippen LogP contribution is -2.42. The van der Waals surface area contributed by atoms with Crippen LogP contribution in [0.15, 0.2) is 36.5 Å². The zero-order chi connectivity index (χ0) is 16.5. The summed E-state index contributed by atoms with van der Waals surface area (Å²) >= 11 is 0. The van der Waals surface area contributed by atoms with E-state index in [9.17, 15) is 4.79 Å². The van der Waals surface area contributed by atoms with Gasteiger partial charge in [0.05, 0.1) is 12.6 Å². The van der Waals surface area contributed by atoms with Crippen molar-refractivity contribution < 1.29 is 9.53 Å². The first kappa shape index (κ1) is 15.6. The van der Waals surface area contributed by atoms with Crippen LogP contribution in [-0.4, -0.2) is 35.0 Å². The van der Waals surface area contributed by atoms with Gasteiger partial charge >= 0.3 is 5.97 Å². The monoisotopic (exact) mass is 324 g/mol. The maximum Gasteiger partial charge on any atom is 0.323 e. The van der Waals surface area contributed by atoms with Crippen LogP contribution in [0.1, 0.15) is 37.7 Å². The van der Waals surface area contributed by atoms with E-state index >= 15 is 0 Å². The van der Waals surface area contributed by atoms with Crippen molar-refractivity contribution >= 4 is 16.9 Å². The molecular formula is C20H24N2O2. The summed E-state index contributed by atoms with van der Waals surface area (Å²) in [5.41, 5.74) is 2.25. The van der Waals surface area contributed by atoms with E-state index in [2.05, 4.69) is 34.1 Å². The Morgan fingerprint density at radius 2 is 2.08 bits per heavy atom. The van der Waals surface area contributed by atoms with E-state index in [-0.39, 0.29) is 12.0 Å². The molecule has 1 saturated carbocycles. The predicted octanol–water partition coefficient (Wildman–Crippen LogP) is 3.54. The van der Waals surface area contributed by atoms with Gasteiger partial charge < -0.3 is 4.74 Å². The number of methoxy groups -OCH3 is 1. The molecule has 1 aromatic carbocycles. The van der Waals surface area contributed by atoms with Gasteiger partial charge in [-0.3, -0.25) is 14.7 Å². The van der Waals surface area contributed by atoms with Gasteiger partial charge in [0.1, 0.15) is 6.04 Å². The van der Waals surface area contributed by atoms with Crippen LogP contribution >= 0.6 is 0 Å². The van der Waals surface area contributed by atoms with E-state index in [0.717, 1.165) is 23.9 Å². The van der Waals surface area contributed by atoms with Crippen LogP contribution in [0.5, 0.6) is 0 Å². The van der Waals surface area contributed by atoms with E-state index in [1.807, 2.05) is 12.3 Å². The fourth-order valence-electron chi connectivity index (χ4n) is 4.64. The number of ether oxygens (including phenoxy) is 1. The Kier molecular flexibility index (Phi) is 4.23. The lowest BCUT2D eigenvalue weighted by atomic mass is 9.84. The molecule has 1 aliphatic carbocycles. The number of esters is 1. The van der Waals surface area contributed by atoms with E-state index in [1.165, 1.54) is 38.4 Å². The van der Waals surface area contributed by atoms with Crippen LogP contribution in [0, 0.1) is 5.92 Å². The third kappa shape index (κ3) is 2.69. The smallest absolute Gasteiger partial charge is 0.323 e. The van der Waals surface area contributed by atoms with Gasteiger partial charge in [-0.25, -0.2) is 0 Å². The Hall–Kier alpha value is -1.94. The molecule has 0 N–H and O–H groups in total. The van der Waals surface area contributed by atoms with Gasteiger partial charge in [0, 0.05) is 24.2 Å². The SMILES string of the molecule is COC(=O)C1CC2CCCCC2N1Cc1cccc2cccnc12. The summed E-state index contributed by atoms with van der Waals surface area (Å²) < 4.78 is 5.10. The highest BCUT2D eigenvalue weighted by Gasteiger charge is 2.45. The lowest BCUT2D eigenvalue weighted by Gasteiger charge is -2.33. The molecule has 3 unspecified atom stereocenters. The van der Waals surface area contributed by atoms with Gasteiger partial charge in [0.25, 0.3) is 0 Å². The maximum absolute atomic E-state index is 12.3. The molecule has 2 fully saturated rings. The molecule has 4 heteroatoms. The first-order valence-electron chi connectivity index (χ1n) is 8.94. The fourth-order valence-corrected chi connectivity index (χ4v) is 4.64. The average Bonchev–Trinajstić information content (AvgIpc) is 3.00. The minimum absolute atomic E-state index is 0.0856. The topological polar surface area (TPSA) is 42.4 Å². The van der Waals surface area contributed by atoms with Gasteiger partial charge in [-0.2, -0.15) is 0 Å². The minimum atomic E-state index is -0.109. The molecular weight excluding hydrogens is 300 g/mol. The second-order valence-electron chi connectivity index (χ2n) is 7.05. The summed E-state index contributed by atoms with van der Waals surface area (Å²) in [6.45, 7) is 0.773. The van der Waals surface area contributed by atoms with Crippen LogP contribution in [0.25, 0.3) is 10.9 Å². The molecule has 1 aromatic heterocycles. The predicted molar refractivity (Wildman–Crippen MR) is 93.5 cm³/mol. The third-order valence-electron chi connectivity index (χ3n) is 5.76. The Labute approximate surface area is 142 Å². The number of hydrogen-bond acceptors (Lipinski definition) is 4. The molecule has 4 nitrogen and oxygen atoms in total. The summed E-state index contributed by atoms with van der Waals surface area (Å²) in [6.07, 6.45) is 7.77. The number of hydrogen-bond donors (Lipinski definition) is 0. The zero-order valence-electron chi connectivity index (χ0n) is 14.1. The van der Waals surface area contributed by atoms with Crippen molar-refractivity contribution in [2.24, 2.45) is 5.92 Å². The molecule has 4 rings (SSSR count). The standard InChI is InChI=1S/C20H24N2O2/c1-24-20(23)18-12-15-6-2-3-10-17(15)22(18)13-16-8-4-7-14-9-5-11-21-19(14)16/h4-5,7-9,11,15,17-18H,2-3,6,10,12-13H2,1H3. The second-order valence-corrected chi connectivity index (χ2v) is 7.05. The minimum Gasteiger partial charge on any atom is -0.468 e. The number of benzene rings is 1. The highest BCUT2D eigenvalue weighted by atomic mass is 16.5. The summed E-state index contributed by atoms with van der Waals surface area (Å²) in [7, 11) is 1.50. The van der Waals surface area contributed by atoms with Gasteiger partial charge in [-0.1, -0.05) is 37.1 Å². The number of nitrogens with zero attached hydrogens (tertiary/aromatic N) is 2. The highest BCUT2D eigenvalue weighted by Crippen LogP contribution is 2.41. The van der Waals surface area contributed by atoms with Crippen molar-refractivity contribution in [3.05, 3.63) is 42.1 Å². The second kappa shape index (κ2) is 6.52. The number of carbonyl (C=O) groups is 1. The van der Waals surface area contributed by atoms with Crippen molar-refractivity contribution in [2.45, 2.75) is 50.7 Å². The van der Waals surface area contributed by atoms with Gasteiger partial charge in [0.15, 0.2) is 0 Å². The fraction of sp³-hybridized carbons (Fsp3) is 0.500. The molecule has 0 amide bonds. The number of carbonyl (C=O) groups excluding carboxylic acids is 1. The molecule has 2 heterocycles. The quantitative estimate of drug-likeness (QED) is 0.810. The van der Waals surface area contributed by atoms with E-state index in [0.29, 0.717) is 12.0 Å². The summed E-state index contributed by atoms with van der Waals surface area (Å²) in [4.78, 5) is 19.3. The first-order chi connectivity index (χ1) is 11.8. The number of fused-ring (bicyclic) bond motifs is 2. The molecule has 0 bridgehead atoms. The Balaban J connectivity index is 1.68. The molecule has 2 aliphatic rings. The van der Waals surface area contributed by atoms with E-state index in [4.69, 9.17) is 4.74 Å². The molecule has 126 valence electrons. The Morgan fingerprint density at radius 1 is 1.25 bits per heavy atom. The summed E-state index contributed by atoms with van der Waals surface area (Å²) in [6, 6.07) is 10.8. The van der Waals surface area contributed by atoms with E-state index < -0.39 is 0 Å². The van der Waals surface area contributed by atoms with Crippen LogP contribution in [-0.2, 0) is 16.1 Å². The number of aromatic nitrogens is 1. The molecule has 3 atom stereocenters. The van der Waals surface area contributed by atoms with Gasteiger partial charge in [-0.15, -0.1) is 0 Å². The molecule has 1 saturated heterocycles. The molecule has 2 aromatic rings. The van der Waals surface area contributed by atoms with Gasteiger partial charge in [-0.05, 0) is 36.8 Å². The van der Waals surface area contributed by atoms with Crippen molar-refractivity contribution in [3.63, 3.8) is 0 Å². The van der Waals surface area contributed by atoms with Crippen molar-refractivity contribution in [1.82, 2.24) is 9.88 Å².